The molecule has 29 heavy (non-hydrogen) atoms. The molecule has 0 radical (unpaired) electrons. The number of pyridine rings is 1. The lowest BCUT2D eigenvalue weighted by Crippen LogP contribution is -2.18. The number of aryl methyl sites for hydroxylation is 2. The molecule has 1 fully saturated rings. The molecule has 1 aromatic carbocycles. The first-order valence-electron chi connectivity index (χ1n) is 9.95. The molecule has 3 aromatic rings. The molecular formula is C22H26N2O4S. The average molecular weight is 415 g/mol. The molecule has 2 aromatic heterocycles. The van der Waals surface area contributed by atoms with Crippen LogP contribution in [0.5, 0.6) is 5.75 Å². The molecule has 0 spiro atoms. The number of hydrogen-bond donors (Lipinski definition) is 0. The van der Waals surface area contributed by atoms with Crippen LogP contribution in [0.2, 0.25) is 0 Å². The third kappa shape index (κ3) is 3.59. The minimum absolute atomic E-state index is 0.0579. The summed E-state index contributed by atoms with van der Waals surface area (Å²) in [5.41, 5.74) is 2.43. The molecule has 0 bridgehead atoms. The van der Waals surface area contributed by atoms with Gasteiger partial charge in [0.1, 0.15) is 0 Å². The number of sulfone groups is 1. The summed E-state index contributed by atoms with van der Waals surface area (Å²) in [5.74, 6) is 1.07. The van der Waals surface area contributed by atoms with Gasteiger partial charge in [-0.3, -0.25) is 4.79 Å². The summed E-state index contributed by atoms with van der Waals surface area (Å²) in [5, 5.41) is 0.730. The van der Waals surface area contributed by atoms with Crippen LogP contribution < -0.4 is 10.3 Å². The Bertz CT molecular complexity index is 1230. The van der Waals surface area contributed by atoms with E-state index in [0.29, 0.717) is 4.90 Å². The fraction of sp³-hybridized carbons (Fsp3) is 0.409. The third-order valence-electron chi connectivity index (χ3n) is 5.74. The Balaban J connectivity index is 1.97. The molecule has 2 heterocycles. The summed E-state index contributed by atoms with van der Waals surface area (Å²) >= 11 is 0. The topological polar surface area (TPSA) is 70.3 Å². The first-order chi connectivity index (χ1) is 13.9. The van der Waals surface area contributed by atoms with Gasteiger partial charge in [0.15, 0.2) is 15.6 Å². The molecule has 0 N–H and O–H groups in total. The van der Waals surface area contributed by atoms with Gasteiger partial charge in [0, 0.05) is 36.3 Å². The van der Waals surface area contributed by atoms with Crippen LogP contribution in [0.25, 0.3) is 22.2 Å². The smallest absolute Gasteiger partial charge is 0.292 e. The number of aromatic nitrogens is 2. The van der Waals surface area contributed by atoms with Crippen molar-refractivity contribution >= 4 is 20.7 Å². The molecule has 0 unspecified atom stereocenters. The minimum atomic E-state index is -3.35. The summed E-state index contributed by atoms with van der Waals surface area (Å²) in [7, 11) is -0.176. The van der Waals surface area contributed by atoms with E-state index in [4.69, 9.17) is 4.74 Å². The molecule has 6 nitrogen and oxygen atoms in total. The van der Waals surface area contributed by atoms with Gasteiger partial charge < -0.3 is 13.9 Å². The average Bonchev–Trinajstić information content (AvgIpc) is 3.47. The molecule has 0 atom stereocenters. The normalized spacial score (nSPS) is 14.4. The molecular weight excluding hydrogens is 388 g/mol. The fourth-order valence-corrected chi connectivity index (χ4v) is 4.95. The van der Waals surface area contributed by atoms with Gasteiger partial charge in [-0.05, 0) is 36.6 Å². The van der Waals surface area contributed by atoms with E-state index in [-0.39, 0.29) is 17.1 Å². The highest BCUT2D eigenvalue weighted by molar-refractivity contribution is 7.91. The van der Waals surface area contributed by atoms with Crippen LogP contribution >= 0.6 is 0 Å². The summed E-state index contributed by atoms with van der Waals surface area (Å²) in [4.78, 5) is 12.6. The predicted octanol–water partition coefficient (Wildman–Crippen LogP) is 3.61. The number of methoxy groups -OCH3 is 1. The molecule has 0 saturated heterocycles. The number of benzene rings is 1. The standard InChI is InChI=1S/C22H26N2O4S/c1-4-29(26,27)21-7-5-6-18-17(21)13-19(24(18)11-10-15-8-9-15)16-12-20(28-3)22(25)23(2)14-16/h5-7,12-15H,4,8-11H2,1-3H3. The van der Waals surface area contributed by atoms with Crippen LogP contribution in [-0.2, 0) is 23.4 Å². The number of ether oxygens (including phenoxy) is 1. The second-order valence-electron chi connectivity index (χ2n) is 7.72. The summed E-state index contributed by atoms with van der Waals surface area (Å²) in [6.45, 7) is 2.47. The number of hydrogen-bond acceptors (Lipinski definition) is 4. The maximum absolute atomic E-state index is 12.7. The summed E-state index contributed by atoms with van der Waals surface area (Å²) in [6.07, 6.45) is 5.36. The highest BCUT2D eigenvalue weighted by Gasteiger charge is 2.24. The number of nitrogens with zero attached hydrogens (tertiary/aromatic N) is 2. The predicted molar refractivity (Wildman–Crippen MR) is 114 cm³/mol. The number of rotatable bonds is 7. The zero-order valence-corrected chi connectivity index (χ0v) is 17.8. The van der Waals surface area contributed by atoms with E-state index in [1.54, 1.807) is 32.3 Å². The molecule has 4 rings (SSSR count). The molecule has 1 aliphatic rings. The van der Waals surface area contributed by atoms with E-state index in [0.717, 1.165) is 41.0 Å². The van der Waals surface area contributed by atoms with E-state index >= 15 is 0 Å². The minimum Gasteiger partial charge on any atom is -0.491 e. The van der Waals surface area contributed by atoms with Crippen molar-refractivity contribution in [3.8, 4) is 17.0 Å². The molecule has 0 aliphatic heterocycles. The fourth-order valence-electron chi connectivity index (χ4n) is 3.85. The van der Waals surface area contributed by atoms with E-state index < -0.39 is 9.84 Å². The zero-order valence-electron chi connectivity index (χ0n) is 17.0. The zero-order chi connectivity index (χ0) is 20.8. The van der Waals surface area contributed by atoms with Gasteiger partial charge in [-0.1, -0.05) is 25.8 Å². The largest absolute Gasteiger partial charge is 0.491 e. The van der Waals surface area contributed by atoms with Crippen molar-refractivity contribution in [1.82, 2.24) is 9.13 Å². The van der Waals surface area contributed by atoms with Crippen LogP contribution in [0.15, 0.2) is 46.2 Å². The number of fused-ring (bicyclic) bond motifs is 1. The molecule has 1 saturated carbocycles. The van der Waals surface area contributed by atoms with E-state index in [9.17, 15) is 13.2 Å². The Kier molecular flexibility index (Phi) is 5.02. The van der Waals surface area contributed by atoms with Gasteiger partial charge in [0.25, 0.3) is 5.56 Å². The van der Waals surface area contributed by atoms with Gasteiger partial charge in [-0.15, -0.1) is 0 Å². The van der Waals surface area contributed by atoms with Crippen molar-refractivity contribution in [1.29, 1.82) is 0 Å². The summed E-state index contributed by atoms with van der Waals surface area (Å²) in [6, 6.07) is 9.13. The quantitative estimate of drug-likeness (QED) is 0.592. The summed E-state index contributed by atoms with van der Waals surface area (Å²) < 4.78 is 34.3. The van der Waals surface area contributed by atoms with Gasteiger partial charge in [0.2, 0.25) is 0 Å². The van der Waals surface area contributed by atoms with Crippen LogP contribution in [0, 0.1) is 5.92 Å². The Morgan fingerprint density at radius 1 is 1.21 bits per heavy atom. The maximum Gasteiger partial charge on any atom is 0.292 e. The van der Waals surface area contributed by atoms with E-state index in [2.05, 4.69) is 4.57 Å². The van der Waals surface area contributed by atoms with E-state index in [1.807, 2.05) is 18.2 Å². The second-order valence-corrected chi connectivity index (χ2v) is 9.97. The van der Waals surface area contributed by atoms with Gasteiger partial charge in [-0.25, -0.2) is 8.42 Å². The van der Waals surface area contributed by atoms with Gasteiger partial charge >= 0.3 is 0 Å². The van der Waals surface area contributed by atoms with Crippen molar-refractivity contribution in [3.05, 3.63) is 46.9 Å². The lowest BCUT2D eigenvalue weighted by atomic mass is 10.2. The van der Waals surface area contributed by atoms with Crippen LogP contribution in [0.3, 0.4) is 0 Å². The van der Waals surface area contributed by atoms with Crippen molar-refractivity contribution in [2.24, 2.45) is 13.0 Å². The van der Waals surface area contributed by atoms with Crippen LogP contribution in [-0.4, -0.2) is 30.4 Å². The van der Waals surface area contributed by atoms with Crippen molar-refractivity contribution < 1.29 is 13.2 Å². The van der Waals surface area contributed by atoms with Gasteiger partial charge in [0.05, 0.1) is 23.5 Å². The van der Waals surface area contributed by atoms with Gasteiger partial charge in [-0.2, -0.15) is 0 Å². The highest BCUT2D eigenvalue weighted by Crippen LogP contribution is 2.37. The lowest BCUT2D eigenvalue weighted by molar-refractivity contribution is 0.405. The van der Waals surface area contributed by atoms with E-state index in [1.165, 1.54) is 24.5 Å². The molecule has 154 valence electrons. The van der Waals surface area contributed by atoms with Crippen molar-refractivity contribution in [2.45, 2.75) is 37.6 Å². The first-order valence-corrected chi connectivity index (χ1v) is 11.6. The Morgan fingerprint density at radius 3 is 2.62 bits per heavy atom. The molecule has 7 heteroatoms. The Morgan fingerprint density at radius 2 is 1.97 bits per heavy atom. The van der Waals surface area contributed by atoms with Crippen molar-refractivity contribution in [3.63, 3.8) is 0 Å². The molecule has 0 amide bonds. The monoisotopic (exact) mass is 414 g/mol. The Hall–Kier alpha value is -2.54. The van der Waals surface area contributed by atoms with Crippen molar-refractivity contribution in [2.75, 3.05) is 12.9 Å². The van der Waals surface area contributed by atoms with Crippen LogP contribution in [0.1, 0.15) is 26.2 Å². The molecule has 1 aliphatic carbocycles. The van der Waals surface area contributed by atoms with Crippen LogP contribution in [0.4, 0.5) is 0 Å². The SMILES string of the molecule is CCS(=O)(=O)c1cccc2c1cc(-c1cc(OC)c(=O)n(C)c1)n2CCC1CC1. The highest BCUT2D eigenvalue weighted by atomic mass is 32.2. The third-order valence-corrected chi connectivity index (χ3v) is 7.53. The first kappa shape index (κ1) is 19.8. The second kappa shape index (κ2) is 7.37. The Labute approximate surface area is 170 Å². The lowest BCUT2D eigenvalue weighted by Gasteiger charge is -2.13. The maximum atomic E-state index is 12.7.